The van der Waals surface area contributed by atoms with Gasteiger partial charge in [0.15, 0.2) is 0 Å². The van der Waals surface area contributed by atoms with Gasteiger partial charge in [-0.15, -0.1) is 6.58 Å². The van der Waals surface area contributed by atoms with Crippen LogP contribution in [0, 0.1) is 18.7 Å². The lowest BCUT2D eigenvalue weighted by molar-refractivity contribution is 0.471. The molecule has 1 fully saturated rings. The molecule has 1 saturated heterocycles. The molecule has 0 saturated carbocycles. The van der Waals surface area contributed by atoms with E-state index < -0.39 is 10.0 Å². The molecule has 0 spiro atoms. The van der Waals surface area contributed by atoms with Crippen molar-refractivity contribution in [3.63, 3.8) is 0 Å². The Morgan fingerprint density at radius 3 is 2.56 bits per heavy atom. The fraction of sp³-hybridized carbons (Fsp3) is 0.200. The number of aryl methyl sites for hydroxylation is 1. The van der Waals surface area contributed by atoms with E-state index in [2.05, 4.69) is 6.58 Å². The molecule has 2 aromatic rings. The molecule has 0 bridgehead atoms. The van der Waals surface area contributed by atoms with E-state index in [0.717, 1.165) is 16.7 Å². The zero-order chi connectivity index (χ0) is 18.0. The largest absolute Gasteiger partial charge is 0.243 e. The Kier molecular flexibility index (Phi) is 4.88. The van der Waals surface area contributed by atoms with Crippen LogP contribution in [0.15, 0.2) is 71.7 Å². The molecule has 0 aliphatic carbocycles. The Balaban J connectivity index is 1.90. The summed E-state index contributed by atoms with van der Waals surface area (Å²) < 4.78 is 40.6. The van der Waals surface area contributed by atoms with Crippen molar-refractivity contribution in [1.29, 1.82) is 0 Å². The van der Waals surface area contributed by atoms with Crippen LogP contribution in [-0.2, 0) is 10.0 Å². The quantitative estimate of drug-likeness (QED) is 0.775. The van der Waals surface area contributed by atoms with Crippen LogP contribution in [0.4, 0.5) is 4.39 Å². The Labute approximate surface area is 148 Å². The zero-order valence-electron chi connectivity index (χ0n) is 14.0. The Morgan fingerprint density at radius 2 is 1.92 bits per heavy atom. The van der Waals surface area contributed by atoms with Gasteiger partial charge >= 0.3 is 0 Å². The van der Waals surface area contributed by atoms with Gasteiger partial charge in [0, 0.05) is 19.0 Å². The summed E-state index contributed by atoms with van der Waals surface area (Å²) in [5.41, 5.74) is 2.64. The van der Waals surface area contributed by atoms with Gasteiger partial charge in [-0.3, -0.25) is 0 Å². The molecule has 0 N–H and O–H groups in total. The maximum Gasteiger partial charge on any atom is 0.243 e. The van der Waals surface area contributed by atoms with Gasteiger partial charge in [-0.25, -0.2) is 12.8 Å². The van der Waals surface area contributed by atoms with Gasteiger partial charge in [0.25, 0.3) is 0 Å². The first-order valence-electron chi connectivity index (χ1n) is 8.05. The summed E-state index contributed by atoms with van der Waals surface area (Å²) in [5, 5.41) is 0. The summed E-state index contributed by atoms with van der Waals surface area (Å²) in [4.78, 5) is 0.285. The van der Waals surface area contributed by atoms with Crippen LogP contribution in [0.3, 0.4) is 0 Å². The maximum atomic E-state index is 13.4. The van der Waals surface area contributed by atoms with Crippen LogP contribution in [0.5, 0.6) is 0 Å². The minimum atomic E-state index is -3.56. The van der Waals surface area contributed by atoms with E-state index in [1.54, 1.807) is 42.5 Å². The van der Waals surface area contributed by atoms with Gasteiger partial charge < -0.3 is 0 Å². The van der Waals surface area contributed by atoms with Crippen LogP contribution < -0.4 is 0 Å². The highest BCUT2D eigenvalue weighted by Crippen LogP contribution is 2.30. The van der Waals surface area contributed by atoms with Crippen LogP contribution >= 0.6 is 0 Å². The minimum absolute atomic E-state index is 0.0801. The molecule has 1 heterocycles. The van der Waals surface area contributed by atoms with Crippen molar-refractivity contribution >= 4 is 16.1 Å². The summed E-state index contributed by atoms with van der Waals surface area (Å²) in [6.45, 7) is 6.36. The molecule has 1 atom stereocenters. The number of hydrogen-bond donors (Lipinski definition) is 0. The molecular weight excluding hydrogens is 337 g/mol. The molecule has 3 nitrogen and oxygen atoms in total. The molecule has 0 aromatic heterocycles. The third-order valence-electron chi connectivity index (χ3n) is 4.38. The van der Waals surface area contributed by atoms with Crippen molar-refractivity contribution in [2.75, 3.05) is 13.1 Å². The highest BCUT2D eigenvalue weighted by atomic mass is 32.2. The van der Waals surface area contributed by atoms with E-state index in [4.69, 9.17) is 0 Å². The molecule has 3 rings (SSSR count). The first-order valence-corrected chi connectivity index (χ1v) is 9.49. The number of nitrogens with zero attached hydrogens (tertiary/aromatic N) is 1. The summed E-state index contributed by atoms with van der Waals surface area (Å²) in [5.74, 6) is -0.393. The Morgan fingerprint density at radius 1 is 1.20 bits per heavy atom. The molecule has 0 radical (unpaired) electrons. The topological polar surface area (TPSA) is 37.4 Å². The summed E-state index contributed by atoms with van der Waals surface area (Å²) in [7, 11) is -3.56. The molecule has 1 aliphatic rings. The second-order valence-corrected chi connectivity index (χ2v) is 8.17. The summed E-state index contributed by atoms with van der Waals surface area (Å²) >= 11 is 0. The maximum absolute atomic E-state index is 13.4. The smallest absolute Gasteiger partial charge is 0.207 e. The van der Waals surface area contributed by atoms with E-state index in [0.29, 0.717) is 6.54 Å². The molecule has 0 amide bonds. The van der Waals surface area contributed by atoms with Crippen molar-refractivity contribution < 1.29 is 12.8 Å². The summed E-state index contributed by atoms with van der Waals surface area (Å²) in [6.07, 6.45) is 3.59. The Bertz CT molecular complexity index is 917. The van der Waals surface area contributed by atoms with Crippen molar-refractivity contribution in [3.8, 4) is 0 Å². The van der Waals surface area contributed by atoms with Gasteiger partial charge in [0.05, 0.1) is 4.90 Å². The lowest BCUT2D eigenvalue weighted by Gasteiger charge is -2.15. The monoisotopic (exact) mass is 357 g/mol. The van der Waals surface area contributed by atoms with Crippen molar-refractivity contribution in [2.24, 2.45) is 5.92 Å². The second kappa shape index (κ2) is 6.94. The third-order valence-corrected chi connectivity index (χ3v) is 6.21. The fourth-order valence-corrected chi connectivity index (χ4v) is 4.41. The van der Waals surface area contributed by atoms with Gasteiger partial charge in [-0.05, 0) is 42.3 Å². The van der Waals surface area contributed by atoms with Gasteiger partial charge in [0.2, 0.25) is 10.0 Å². The molecular formula is C20H20FNO2S. The number of halogens is 1. The molecule has 5 heteroatoms. The van der Waals surface area contributed by atoms with E-state index in [-0.39, 0.29) is 23.2 Å². The third kappa shape index (κ3) is 3.72. The van der Waals surface area contributed by atoms with Gasteiger partial charge in [-0.1, -0.05) is 42.0 Å². The van der Waals surface area contributed by atoms with E-state index >= 15 is 0 Å². The average molecular weight is 357 g/mol. The fourth-order valence-electron chi connectivity index (χ4n) is 2.95. The zero-order valence-corrected chi connectivity index (χ0v) is 14.8. The van der Waals surface area contributed by atoms with Gasteiger partial charge in [0.1, 0.15) is 5.82 Å². The van der Waals surface area contributed by atoms with E-state index in [1.165, 1.54) is 16.4 Å². The lowest BCUT2D eigenvalue weighted by atomic mass is 10.0. The predicted octanol–water partition coefficient (Wildman–Crippen LogP) is 4.02. The van der Waals surface area contributed by atoms with Crippen LogP contribution in [0.1, 0.15) is 11.1 Å². The van der Waals surface area contributed by atoms with E-state index in [9.17, 15) is 12.8 Å². The first-order chi connectivity index (χ1) is 11.9. The lowest BCUT2D eigenvalue weighted by Crippen LogP contribution is -2.28. The molecule has 1 aliphatic heterocycles. The van der Waals surface area contributed by atoms with Gasteiger partial charge in [-0.2, -0.15) is 4.31 Å². The normalized spacial score (nSPS) is 20.1. The average Bonchev–Trinajstić information content (AvgIpc) is 2.99. The number of rotatable bonds is 4. The van der Waals surface area contributed by atoms with E-state index in [1.807, 2.05) is 13.0 Å². The minimum Gasteiger partial charge on any atom is -0.207 e. The van der Waals surface area contributed by atoms with Crippen LogP contribution in [-0.4, -0.2) is 25.8 Å². The van der Waals surface area contributed by atoms with Crippen LogP contribution in [0.25, 0.3) is 6.08 Å². The number of sulfonamides is 1. The first kappa shape index (κ1) is 17.6. The number of hydrogen-bond acceptors (Lipinski definition) is 2. The molecule has 2 aromatic carbocycles. The SMILES string of the molecule is C=C[C@@H]1CN(S(=O)(=O)c2ccc(C)cc2)C/C1=C\c1cccc(F)c1. The van der Waals surface area contributed by atoms with Crippen molar-refractivity contribution in [3.05, 3.63) is 83.7 Å². The molecule has 0 unspecified atom stereocenters. The highest BCUT2D eigenvalue weighted by molar-refractivity contribution is 7.89. The highest BCUT2D eigenvalue weighted by Gasteiger charge is 2.34. The van der Waals surface area contributed by atoms with Crippen LogP contribution in [0.2, 0.25) is 0 Å². The number of benzene rings is 2. The van der Waals surface area contributed by atoms with Crippen molar-refractivity contribution in [2.45, 2.75) is 11.8 Å². The second-order valence-electron chi connectivity index (χ2n) is 6.23. The Hall–Kier alpha value is -2.24. The standard InChI is InChI=1S/C20H20FNO2S/c1-3-17-13-22(25(23,24)20-9-7-15(2)8-10-20)14-18(17)11-16-5-4-6-19(21)12-16/h3-12,17H,1,13-14H2,2H3/b18-11+/t17-/m1/s1. The van der Waals surface area contributed by atoms with Crippen molar-refractivity contribution in [1.82, 2.24) is 4.31 Å². The predicted molar refractivity (Wildman–Crippen MR) is 98.0 cm³/mol. The molecule has 25 heavy (non-hydrogen) atoms. The molecule has 130 valence electrons. The summed E-state index contributed by atoms with van der Waals surface area (Å²) in [6, 6.07) is 13.1.